The van der Waals surface area contributed by atoms with Crippen molar-refractivity contribution in [2.45, 2.75) is 44.9 Å². The summed E-state index contributed by atoms with van der Waals surface area (Å²) in [6.45, 7) is 5.53. The molecule has 1 aromatic rings. The van der Waals surface area contributed by atoms with Crippen LogP contribution in [0.5, 0.6) is 0 Å². The van der Waals surface area contributed by atoms with Crippen LogP contribution in [0, 0.1) is 5.41 Å². The number of piperidine rings is 1. The highest BCUT2D eigenvalue weighted by Gasteiger charge is 2.55. The van der Waals surface area contributed by atoms with Gasteiger partial charge in [0.05, 0.1) is 24.9 Å². The van der Waals surface area contributed by atoms with Crippen LogP contribution in [0.3, 0.4) is 0 Å². The van der Waals surface area contributed by atoms with Gasteiger partial charge in [0.1, 0.15) is 11.0 Å². The van der Waals surface area contributed by atoms with E-state index in [9.17, 15) is 5.11 Å². The number of ether oxygens (including phenoxy) is 1. The van der Waals surface area contributed by atoms with Crippen LogP contribution in [0.25, 0.3) is 0 Å². The second-order valence-electron chi connectivity index (χ2n) is 6.26. The minimum atomic E-state index is -0.196. The maximum atomic E-state index is 10.2. The Bertz CT molecular complexity index is 495. The highest BCUT2D eigenvalue weighted by molar-refractivity contribution is 6.29. The number of likely N-dealkylation sites (tertiary alicyclic amines) is 1. The number of nitrogens with zero attached hydrogens (tertiary/aromatic N) is 3. The first kappa shape index (κ1) is 15.3. The Morgan fingerprint density at radius 3 is 2.71 bits per heavy atom. The molecule has 2 atom stereocenters. The van der Waals surface area contributed by atoms with Crippen molar-refractivity contribution < 1.29 is 9.84 Å². The summed E-state index contributed by atoms with van der Waals surface area (Å²) in [7, 11) is 1.94. The standard InChI is InChI=1S/C15H24ClN3O2/c1-3-21-12-8-11(20)15(12)4-6-19(7-5-15)10-14-17-9-13(16)18(14)2/h9,11-12,20H,3-8,10H2,1-2H3. The van der Waals surface area contributed by atoms with Crippen molar-refractivity contribution in [1.29, 1.82) is 0 Å². The van der Waals surface area contributed by atoms with Crippen LogP contribution in [-0.2, 0) is 18.3 Å². The zero-order valence-electron chi connectivity index (χ0n) is 12.8. The second kappa shape index (κ2) is 5.88. The number of halogens is 1. The molecule has 0 amide bonds. The molecule has 1 saturated heterocycles. The molecule has 1 aromatic heterocycles. The quantitative estimate of drug-likeness (QED) is 0.921. The summed E-state index contributed by atoms with van der Waals surface area (Å²) in [6, 6.07) is 0. The van der Waals surface area contributed by atoms with E-state index in [0.717, 1.165) is 51.3 Å². The van der Waals surface area contributed by atoms with Crippen LogP contribution in [-0.4, -0.2) is 51.5 Å². The van der Waals surface area contributed by atoms with Gasteiger partial charge >= 0.3 is 0 Å². The SMILES string of the molecule is CCOC1CC(O)C12CCN(Cc1ncc(Cl)n1C)CC2. The van der Waals surface area contributed by atoms with Gasteiger partial charge in [-0.2, -0.15) is 0 Å². The molecule has 0 aromatic carbocycles. The fourth-order valence-corrected chi connectivity index (χ4v) is 3.86. The summed E-state index contributed by atoms with van der Waals surface area (Å²) in [6.07, 6.45) is 4.53. The zero-order chi connectivity index (χ0) is 15.0. The van der Waals surface area contributed by atoms with Gasteiger partial charge < -0.3 is 14.4 Å². The van der Waals surface area contributed by atoms with Gasteiger partial charge in [-0.3, -0.25) is 4.90 Å². The predicted octanol–water partition coefficient (Wildman–Crippen LogP) is 1.83. The third-order valence-corrected chi connectivity index (χ3v) is 5.64. The summed E-state index contributed by atoms with van der Waals surface area (Å²) < 4.78 is 7.73. The second-order valence-corrected chi connectivity index (χ2v) is 6.65. The number of aliphatic hydroxyl groups is 1. The largest absolute Gasteiger partial charge is 0.392 e. The minimum Gasteiger partial charge on any atom is -0.392 e. The Labute approximate surface area is 130 Å². The van der Waals surface area contributed by atoms with E-state index in [4.69, 9.17) is 16.3 Å². The number of aromatic nitrogens is 2. The molecule has 118 valence electrons. The average molecular weight is 314 g/mol. The molecule has 2 unspecified atom stereocenters. The summed E-state index contributed by atoms with van der Waals surface area (Å²) in [5.74, 6) is 0.992. The first-order valence-electron chi connectivity index (χ1n) is 7.75. The van der Waals surface area contributed by atoms with Gasteiger partial charge in [-0.05, 0) is 32.9 Å². The first-order valence-corrected chi connectivity index (χ1v) is 8.12. The lowest BCUT2D eigenvalue weighted by atomic mass is 9.58. The van der Waals surface area contributed by atoms with Gasteiger partial charge in [-0.15, -0.1) is 0 Å². The van der Waals surface area contributed by atoms with E-state index in [0.29, 0.717) is 5.15 Å². The predicted molar refractivity (Wildman–Crippen MR) is 81.2 cm³/mol. The summed E-state index contributed by atoms with van der Waals surface area (Å²) in [5, 5.41) is 10.9. The molecule has 2 aliphatic rings. The van der Waals surface area contributed by atoms with E-state index in [2.05, 4.69) is 9.88 Å². The molecule has 5 nitrogen and oxygen atoms in total. The highest BCUT2D eigenvalue weighted by Crippen LogP contribution is 2.51. The van der Waals surface area contributed by atoms with Crippen LogP contribution < -0.4 is 0 Å². The van der Waals surface area contributed by atoms with E-state index in [1.54, 1.807) is 6.20 Å². The molecule has 21 heavy (non-hydrogen) atoms. The van der Waals surface area contributed by atoms with Crippen LogP contribution in [0.15, 0.2) is 6.20 Å². The molecule has 0 radical (unpaired) electrons. The molecule has 0 bridgehead atoms. The number of imidazole rings is 1. The van der Waals surface area contributed by atoms with Gasteiger partial charge in [0, 0.05) is 25.5 Å². The molecule has 1 aliphatic carbocycles. The van der Waals surface area contributed by atoms with E-state index >= 15 is 0 Å². The third-order valence-electron chi connectivity index (χ3n) is 5.29. The lowest BCUT2D eigenvalue weighted by Gasteiger charge is -2.56. The topological polar surface area (TPSA) is 50.5 Å². The average Bonchev–Trinajstić information content (AvgIpc) is 2.80. The Morgan fingerprint density at radius 1 is 1.48 bits per heavy atom. The third kappa shape index (κ3) is 2.61. The molecule has 2 heterocycles. The normalized spacial score (nSPS) is 28.8. The molecule has 1 aliphatic heterocycles. The number of hydrogen-bond donors (Lipinski definition) is 1. The van der Waals surface area contributed by atoms with E-state index in [1.165, 1.54) is 0 Å². The Morgan fingerprint density at radius 2 is 2.19 bits per heavy atom. The number of aliphatic hydroxyl groups excluding tert-OH is 1. The highest BCUT2D eigenvalue weighted by atomic mass is 35.5. The van der Waals surface area contributed by atoms with Crippen molar-refractivity contribution in [3.8, 4) is 0 Å². The van der Waals surface area contributed by atoms with Gasteiger partial charge in [-0.25, -0.2) is 4.98 Å². The lowest BCUT2D eigenvalue weighted by Crippen LogP contribution is -2.62. The monoisotopic (exact) mass is 313 g/mol. The van der Waals surface area contributed by atoms with Crippen molar-refractivity contribution in [3.63, 3.8) is 0 Å². The van der Waals surface area contributed by atoms with E-state index in [-0.39, 0.29) is 17.6 Å². The van der Waals surface area contributed by atoms with Gasteiger partial charge in [0.15, 0.2) is 0 Å². The molecule has 2 fully saturated rings. The zero-order valence-corrected chi connectivity index (χ0v) is 13.5. The van der Waals surface area contributed by atoms with Gasteiger partial charge in [0.2, 0.25) is 0 Å². The molecule has 6 heteroatoms. The van der Waals surface area contributed by atoms with Gasteiger partial charge in [-0.1, -0.05) is 11.6 Å². The number of hydrogen-bond acceptors (Lipinski definition) is 4. The Hall–Kier alpha value is -0.620. The van der Waals surface area contributed by atoms with Crippen molar-refractivity contribution in [1.82, 2.24) is 14.5 Å². The van der Waals surface area contributed by atoms with Crippen molar-refractivity contribution >= 4 is 11.6 Å². The molecule has 1 saturated carbocycles. The molecule has 3 rings (SSSR count). The van der Waals surface area contributed by atoms with Crippen LogP contribution in [0.1, 0.15) is 32.0 Å². The van der Waals surface area contributed by atoms with Crippen molar-refractivity contribution in [3.05, 3.63) is 17.2 Å². The fourth-order valence-electron chi connectivity index (χ4n) is 3.72. The Kier molecular flexibility index (Phi) is 4.28. The van der Waals surface area contributed by atoms with E-state index < -0.39 is 0 Å². The van der Waals surface area contributed by atoms with Crippen LogP contribution in [0.2, 0.25) is 5.15 Å². The maximum Gasteiger partial charge on any atom is 0.128 e. The number of rotatable bonds is 4. The maximum absolute atomic E-state index is 10.2. The smallest absolute Gasteiger partial charge is 0.128 e. The first-order chi connectivity index (χ1) is 10.1. The van der Waals surface area contributed by atoms with E-state index in [1.807, 2.05) is 18.5 Å². The molecular formula is C15H24ClN3O2. The Balaban J connectivity index is 1.59. The fraction of sp³-hybridized carbons (Fsp3) is 0.800. The summed E-state index contributed by atoms with van der Waals surface area (Å²) in [4.78, 5) is 6.74. The van der Waals surface area contributed by atoms with Crippen molar-refractivity contribution in [2.75, 3.05) is 19.7 Å². The van der Waals surface area contributed by atoms with Crippen molar-refractivity contribution in [2.24, 2.45) is 12.5 Å². The molecule has 1 spiro atoms. The summed E-state index contributed by atoms with van der Waals surface area (Å²) in [5.41, 5.74) is -0.00814. The molecular weight excluding hydrogens is 290 g/mol. The minimum absolute atomic E-state index is 0.00814. The van der Waals surface area contributed by atoms with Gasteiger partial charge in [0.25, 0.3) is 0 Å². The molecule has 1 N–H and O–H groups in total. The van der Waals surface area contributed by atoms with Crippen LogP contribution >= 0.6 is 11.6 Å². The summed E-state index contributed by atoms with van der Waals surface area (Å²) >= 11 is 6.03. The lowest BCUT2D eigenvalue weighted by molar-refractivity contribution is -0.210. The van der Waals surface area contributed by atoms with Crippen LogP contribution in [0.4, 0.5) is 0 Å².